The molecule has 3 aliphatic rings. The maximum Gasteiger partial charge on any atom is 0.342 e. The predicted molar refractivity (Wildman–Crippen MR) is 215 cm³/mol. The molecule has 1 saturated heterocycles. The maximum atomic E-state index is 13.8. The molecule has 14 heteroatoms. The zero-order chi connectivity index (χ0) is 41.5. The third-order valence-electron chi connectivity index (χ3n) is 11.4. The molecule has 4 heterocycles. The smallest absolute Gasteiger partial charge is 0.342 e. The molecule has 6 rings (SSSR count). The molecule has 2 aromatic carbocycles. The first kappa shape index (κ1) is 41.8. The van der Waals surface area contributed by atoms with Gasteiger partial charge in [-0.25, -0.2) is 4.79 Å². The number of allylic oxidation sites excluding steroid dienone is 1. The highest BCUT2D eigenvalue weighted by Gasteiger charge is 2.36. The van der Waals surface area contributed by atoms with Crippen LogP contribution in [0.2, 0.25) is 0 Å². The summed E-state index contributed by atoms with van der Waals surface area (Å²) in [5.74, 6) is -2.24. The number of esters is 1. The number of hydrogen-bond donors (Lipinski definition) is 3. The summed E-state index contributed by atoms with van der Waals surface area (Å²) < 4.78 is 24.3. The Bertz CT molecular complexity index is 2100. The highest BCUT2D eigenvalue weighted by molar-refractivity contribution is 5.98. The molecule has 1 fully saturated rings. The second-order valence-electron chi connectivity index (χ2n) is 15.4. The number of likely N-dealkylation sites (tertiary alicyclic amines) is 1. The van der Waals surface area contributed by atoms with E-state index in [4.69, 9.17) is 18.9 Å². The predicted octanol–water partition coefficient (Wildman–Crippen LogP) is 5.44. The largest absolute Gasteiger partial charge is 0.507 e. The number of ether oxygens (including phenoxy) is 4. The number of carbonyl (C=O) groups excluding carboxylic acids is 4. The number of fused-ring (bicyclic) bond motifs is 5. The number of Topliss-reactive ketones (excluding diaryl/α,β-unsaturated/α-hetero) is 1. The van der Waals surface area contributed by atoms with Crippen molar-refractivity contribution in [1.29, 1.82) is 0 Å². The van der Waals surface area contributed by atoms with Crippen molar-refractivity contribution in [2.45, 2.75) is 89.2 Å². The Balaban J connectivity index is 1.28. The van der Waals surface area contributed by atoms with Crippen LogP contribution in [0.15, 0.2) is 47.3 Å². The number of hydrogen-bond acceptors (Lipinski definition) is 11. The molecule has 0 radical (unpaired) electrons. The van der Waals surface area contributed by atoms with Crippen LogP contribution in [0.25, 0.3) is 6.08 Å². The molecule has 3 N–H and O–H groups in total. The molecule has 3 aliphatic heterocycles. The molecule has 14 nitrogen and oxygen atoms in total. The minimum absolute atomic E-state index is 0.0316. The van der Waals surface area contributed by atoms with E-state index in [9.17, 15) is 34.2 Å². The number of ketones is 1. The first-order chi connectivity index (χ1) is 27.9. The van der Waals surface area contributed by atoms with Crippen LogP contribution in [0.5, 0.6) is 28.7 Å². The Labute approximate surface area is 337 Å². The minimum atomic E-state index is -1.06. The zero-order valence-electron chi connectivity index (χ0n) is 33.6. The fourth-order valence-electron chi connectivity index (χ4n) is 8.53. The molecule has 0 aliphatic carbocycles. The summed E-state index contributed by atoms with van der Waals surface area (Å²) in [7, 11) is 4.33. The summed E-state index contributed by atoms with van der Waals surface area (Å²) in [4.78, 5) is 67.7. The molecule has 3 aromatic rings. The molecule has 2 amide bonds. The molecule has 58 heavy (non-hydrogen) atoms. The van der Waals surface area contributed by atoms with Crippen LogP contribution in [0, 0.1) is 5.92 Å². The number of rotatable bonds is 10. The lowest BCUT2D eigenvalue weighted by Crippen LogP contribution is -2.49. The molecule has 310 valence electrons. The highest BCUT2D eigenvalue weighted by Crippen LogP contribution is 2.48. The van der Waals surface area contributed by atoms with Gasteiger partial charge < -0.3 is 43.9 Å². The summed E-state index contributed by atoms with van der Waals surface area (Å²) in [6.07, 6.45) is 6.38. The van der Waals surface area contributed by atoms with Crippen LogP contribution >= 0.6 is 0 Å². The topological polar surface area (TPSA) is 183 Å². The number of cyclic esters (lactones) is 1. The van der Waals surface area contributed by atoms with Gasteiger partial charge in [-0.3, -0.25) is 19.2 Å². The van der Waals surface area contributed by atoms with Gasteiger partial charge in [0.2, 0.25) is 17.6 Å². The molecule has 2 bridgehead atoms. The van der Waals surface area contributed by atoms with E-state index < -0.39 is 29.6 Å². The van der Waals surface area contributed by atoms with E-state index in [0.29, 0.717) is 63.7 Å². The van der Waals surface area contributed by atoms with Crippen molar-refractivity contribution < 1.29 is 48.3 Å². The number of phenols is 2. The van der Waals surface area contributed by atoms with E-state index in [2.05, 4.69) is 5.32 Å². The van der Waals surface area contributed by atoms with Gasteiger partial charge in [-0.2, -0.15) is 0 Å². The average molecular weight is 800 g/mol. The number of pyridine rings is 1. The zero-order valence-corrected chi connectivity index (χ0v) is 33.6. The first-order valence-corrected chi connectivity index (χ1v) is 19.9. The third-order valence-corrected chi connectivity index (χ3v) is 11.4. The first-order valence-electron chi connectivity index (χ1n) is 19.9. The second kappa shape index (κ2) is 18.6. The van der Waals surface area contributed by atoms with Crippen molar-refractivity contribution in [2.24, 2.45) is 5.92 Å². The van der Waals surface area contributed by atoms with Crippen LogP contribution in [-0.2, 0) is 25.7 Å². The molecule has 0 spiro atoms. The number of carbonyl (C=O) groups is 4. The summed E-state index contributed by atoms with van der Waals surface area (Å²) in [6.45, 7) is 3.33. The van der Waals surface area contributed by atoms with Gasteiger partial charge in [-0.1, -0.05) is 18.2 Å². The molecular formula is C44H53N3O11. The fraction of sp³-hybridized carbons (Fsp3) is 0.477. The molecule has 1 aromatic heterocycles. The number of aromatic hydroxyl groups is 2. The molecule has 4 atom stereocenters. The van der Waals surface area contributed by atoms with E-state index in [0.717, 1.165) is 12.1 Å². The summed E-state index contributed by atoms with van der Waals surface area (Å²) >= 11 is 0. The van der Waals surface area contributed by atoms with Crippen molar-refractivity contribution in [1.82, 2.24) is 14.8 Å². The van der Waals surface area contributed by atoms with Gasteiger partial charge in [-0.15, -0.1) is 0 Å². The number of amides is 2. The van der Waals surface area contributed by atoms with Crippen LogP contribution in [0.1, 0.15) is 109 Å². The van der Waals surface area contributed by atoms with Crippen LogP contribution in [0.3, 0.4) is 0 Å². The molecule has 0 saturated carbocycles. The lowest BCUT2D eigenvalue weighted by Gasteiger charge is -2.42. The van der Waals surface area contributed by atoms with Crippen molar-refractivity contribution in [3.05, 3.63) is 80.8 Å². The Morgan fingerprint density at radius 3 is 2.43 bits per heavy atom. The number of nitrogens with zero attached hydrogens (tertiary/aromatic N) is 2. The van der Waals surface area contributed by atoms with Gasteiger partial charge in [0, 0.05) is 81.0 Å². The van der Waals surface area contributed by atoms with E-state index in [1.807, 2.05) is 15.5 Å². The van der Waals surface area contributed by atoms with Crippen LogP contribution < -0.4 is 25.1 Å². The van der Waals surface area contributed by atoms with Gasteiger partial charge >= 0.3 is 5.97 Å². The van der Waals surface area contributed by atoms with Crippen molar-refractivity contribution in [3.8, 4) is 28.7 Å². The summed E-state index contributed by atoms with van der Waals surface area (Å²) in [5, 5.41) is 26.5. The third kappa shape index (κ3) is 9.32. The number of phenolic OH excluding ortho intramolecular Hbond substituents is 2. The normalized spacial score (nSPS) is 20.1. The number of methoxy groups -OCH3 is 3. The Morgan fingerprint density at radius 1 is 0.966 bits per heavy atom. The monoisotopic (exact) mass is 799 g/mol. The number of benzene rings is 2. The van der Waals surface area contributed by atoms with Gasteiger partial charge in [0.05, 0.1) is 27.4 Å². The van der Waals surface area contributed by atoms with Crippen LogP contribution in [-0.4, -0.2) is 90.3 Å². The molecular weight excluding hydrogens is 746 g/mol. The quantitative estimate of drug-likeness (QED) is 0.222. The lowest BCUT2D eigenvalue weighted by molar-refractivity contribution is -0.134. The SMILES string of the molecule is COc1cc(C(CC(=O)NCCC(=O)N2C[C@H]3C[C@@H](C2)c2cccc(=O)n2C3)c2c(O)cc3c(c2O)C(=O)O[C@@H](C)CCCC(=O)CCCC=C3)cc(OC)c1OC. The average Bonchev–Trinajstić information content (AvgIpc) is 3.19. The highest BCUT2D eigenvalue weighted by atomic mass is 16.5. The standard InChI is InChI=1S/C44H53N3O11/c1-26-10-8-13-31(48)12-7-5-6-11-28-19-34(49)41(42(53)40(28)44(54)58-26)32(29-20-35(55-2)43(57-4)36(21-29)56-3)22-37(50)45-17-16-38(51)46-23-27-18-30(25-46)33-14-9-15-39(52)47(33)24-27/h6,9,11,14-15,19-21,26-27,30,32,49,53H,5,7-8,10,12-13,16-18,22-25H2,1-4H3,(H,45,50)/t26-,27+,30-,32?/m0/s1. The van der Waals surface area contributed by atoms with E-state index >= 15 is 0 Å². The van der Waals surface area contributed by atoms with E-state index in [1.54, 1.807) is 43.3 Å². The van der Waals surface area contributed by atoms with Gasteiger partial charge in [-0.05, 0) is 80.3 Å². The van der Waals surface area contributed by atoms with Gasteiger partial charge in [0.25, 0.3) is 5.56 Å². The number of nitrogens with one attached hydrogen (secondary N) is 1. The van der Waals surface area contributed by atoms with Gasteiger partial charge in [0.1, 0.15) is 22.8 Å². The van der Waals surface area contributed by atoms with E-state index in [1.165, 1.54) is 27.4 Å². The fourth-order valence-corrected chi connectivity index (χ4v) is 8.53. The maximum absolute atomic E-state index is 13.8. The lowest BCUT2D eigenvalue weighted by atomic mass is 9.83. The van der Waals surface area contributed by atoms with Crippen LogP contribution in [0.4, 0.5) is 0 Å². The van der Waals surface area contributed by atoms with Crippen molar-refractivity contribution >= 4 is 29.6 Å². The number of aromatic nitrogens is 1. The van der Waals surface area contributed by atoms with E-state index in [-0.39, 0.29) is 88.2 Å². The van der Waals surface area contributed by atoms with Gasteiger partial charge in [0.15, 0.2) is 11.5 Å². The number of piperidine rings is 1. The minimum Gasteiger partial charge on any atom is -0.507 e. The van der Waals surface area contributed by atoms with Crippen molar-refractivity contribution in [3.63, 3.8) is 0 Å². The Hall–Kier alpha value is -5.79. The summed E-state index contributed by atoms with van der Waals surface area (Å²) in [5.41, 5.74) is 1.24. The molecule has 1 unspecified atom stereocenters. The Kier molecular flexibility index (Phi) is 13.4. The summed E-state index contributed by atoms with van der Waals surface area (Å²) in [6, 6.07) is 9.82. The van der Waals surface area contributed by atoms with Crippen molar-refractivity contribution in [2.75, 3.05) is 41.0 Å². The Morgan fingerprint density at radius 2 is 1.71 bits per heavy atom. The second-order valence-corrected chi connectivity index (χ2v) is 15.4.